The van der Waals surface area contributed by atoms with Crippen molar-refractivity contribution in [1.82, 2.24) is 0 Å². The average molecular weight is 1150 g/mol. The maximum Gasteiger partial charge on any atom is 0.341 e. The lowest BCUT2D eigenvalue weighted by Gasteiger charge is -2.46. The van der Waals surface area contributed by atoms with Gasteiger partial charge in [-0.1, -0.05) is 273 Å². The molecule has 0 unspecified atom stereocenters. The average Bonchev–Trinajstić information content (AvgIpc) is 4.05. The van der Waals surface area contributed by atoms with Gasteiger partial charge >= 0.3 is 5.97 Å². The van der Waals surface area contributed by atoms with Crippen LogP contribution in [0.2, 0.25) is 28.2 Å². The summed E-state index contributed by atoms with van der Waals surface area (Å²) in [7, 11) is -8.11. The second kappa shape index (κ2) is 26.6. The lowest BCUT2D eigenvalue weighted by atomic mass is 9.71. The number of rotatable bonds is 22. The molecule has 1 aliphatic carbocycles. The van der Waals surface area contributed by atoms with Crippen LogP contribution in [0, 0.1) is 29.1 Å². The van der Waals surface area contributed by atoms with Crippen LogP contribution in [0.25, 0.3) is 0 Å². The molecule has 10 heteroatoms. The standard InChI is InChI=1S/C71H102O7Si3/c1-52(34-32-33-43-63(54(3)46-53(2)50-72)78-81(70(15,16)17,61-39-28-22-29-40-61)62-41-30-23-31-42-62)44-45-64(77-79(18,19)68(9,10)11)55(4)47-58-48-57(56(5)49-71(58)65(73)75-66(76-71)67(6,7)8)51-74-80(69(12,13)14,59-35-24-20-25-36-59)60-37-26-21-27-38-60/h20-44,47-48,53-54,56,58,63-64,66,72H,45-46,49-51H2,1-19H3/b34-32+,43-33+,52-44+,55-47+/t53-,54-,56+,58+,63+,64-,66-,71-/m0/s1. The summed E-state index contributed by atoms with van der Waals surface area (Å²) in [6.07, 6.45) is 16.3. The van der Waals surface area contributed by atoms with E-state index in [-0.39, 0.29) is 57.7 Å². The molecule has 0 bridgehead atoms. The van der Waals surface area contributed by atoms with Gasteiger partial charge in [0.15, 0.2) is 13.9 Å². The Labute approximate surface area is 493 Å². The highest BCUT2D eigenvalue weighted by Crippen LogP contribution is 2.49. The van der Waals surface area contributed by atoms with Gasteiger partial charge in [-0.15, -0.1) is 0 Å². The first-order chi connectivity index (χ1) is 37.8. The van der Waals surface area contributed by atoms with E-state index in [4.69, 9.17) is 22.8 Å². The van der Waals surface area contributed by atoms with Crippen LogP contribution in [0.3, 0.4) is 0 Å². The van der Waals surface area contributed by atoms with Crippen molar-refractivity contribution in [3.05, 3.63) is 181 Å². The lowest BCUT2D eigenvalue weighted by Crippen LogP contribution is -2.68. The molecule has 7 nitrogen and oxygen atoms in total. The summed E-state index contributed by atoms with van der Waals surface area (Å²) in [4.78, 5) is 14.6. The van der Waals surface area contributed by atoms with Gasteiger partial charge in [-0.2, -0.15) is 0 Å². The number of ether oxygens (including phenoxy) is 2. The monoisotopic (exact) mass is 1150 g/mol. The van der Waals surface area contributed by atoms with E-state index in [9.17, 15) is 9.90 Å². The third-order valence-electron chi connectivity index (χ3n) is 17.6. The van der Waals surface area contributed by atoms with Crippen molar-refractivity contribution in [1.29, 1.82) is 0 Å². The molecule has 81 heavy (non-hydrogen) atoms. The lowest BCUT2D eigenvalue weighted by molar-refractivity contribution is -0.158. The first kappa shape index (κ1) is 65.7. The molecule has 0 aromatic heterocycles. The van der Waals surface area contributed by atoms with E-state index in [1.54, 1.807) is 0 Å². The highest BCUT2D eigenvalue weighted by Gasteiger charge is 2.60. The van der Waals surface area contributed by atoms with Crippen molar-refractivity contribution >= 4 is 51.7 Å². The zero-order valence-electron chi connectivity index (χ0n) is 53.1. The molecule has 1 spiro atoms. The second-order valence-corrected chi connectivity index (χ2v) is 41.7. The molecule has 1 aliphatic heterocycles. The van der Waals surface area contributed by atoms with Crippen LogP contribution in [0.1, 0.15) is 137 Å². The second-order valence-electron chi connectivity index (χ2n) is 28.4. The van der Waals surface area contributed by atoms with E-state index in [0.29, 0.717) is 19.4 Å². The minimum atomic E-state index is -2.89. The Bertz CT molecular complexity index is 2730. The molecular formula is C71H102O7Si3. The Hall–Kier alpha value is -4.50. The highest BCUT2D eigenvalue weighted by atomic mass is 28.4. The Morgan fingerprint density at radius 2 is 1.19 bits per heavy atom. The van der Waals surface area contributed by atoms with E-state index in [2.05, 4.69) is 295 Å². The minimum absolute atomic E-state index is 0.0184. The number of carbonyl (C=O) groups is 1. The first-order valence-corrected chi connectivity index (χ1v) is 36.7. The van der Waals surface area contributed by atoms with E-state index in [0.717, 1.165) is 23.1 Å². The Balaban J connectivity index is 1.38. The third-order valence-corrected chi connectivity index (χ3v) is 32.1. The van der Waals surface area contributed by atoms with Gasteiger partial charge in [0.25, 0.3) is 16.6 Å². The van der Waals surface area contributed by atoms with E-state index < -0.39 is 48.2 Å². The number of cyclic esters (lactones) is 1. The molecule has 440 valence electrons. The number of aliphatic hydroxyl groups is 1. The van der Waals surface area contributed by atoms with Gasteiger partial charge in [-0.05, 0) is 111 Å². The van der Waals surface area contributed by atoms with Gasteiger partial charge in [0.2, 0.25) is 6.29 Å². The fourth-order valence-corrected chi connectivity index (χ4v) is 22.4. The molecule has 4 aromatic rings. The van der Waals surface area contributed by atoms with Crippen LogP contribution in [0.5, 0.6) is 0 Å². The van der Waals surface area contributed by atoms with Gasteiger partial charge < -0.3 is 27.9 Å². The van der Waals surface area contributed by atoms with Crippen LogP contribution < -0.4 is 20.7 Å². The molecule has 2 aliphatic rings. The summed E-state index contributed by atoms with van der Waals surface area (Å²) < 4.78 is 36.0. The highest BCUT2D eigenvalue weighted by molar-refractivity contribution is 7.00. The molecule has 1 N–H and O–H groups in total. The van der Waals surface area contributed by atoms with Crippen LogP contribution in [-0.2, 0) is 27.5 Å². The largest absolute Gasteiger partial charge is 0.433 e. The van der Waals surface area contributed by atoms with E-state index >= 15 is 0 Å². The Morgan fingerprint density at radius 1 is 0.704 bits per heavy atom. The molecule has 4 aromatic carbocycles. The molecule has 6 rings (SSSR count). The molecule has 1 saturated heterocycles. The number of allylic oxidation sites excluding steroid dienone is 4. The van der Waals surface area contributed by atoms with Gasteiger partial charge in [-0.3, -0.25) is 0 Å². The SMILES string of the molecule is CC(/C=C/C=C/[C@@H](O[Si](c1ccccc1)(c1ccccc1)C(C)(C)C)[C@@H](C)C[C@H](C)CO)=C\C[C@H](O[Si](C)(C)C(C)(C)C)/C(C)=C/[C@@H]1C=C(CO[Si](c2ccccc2)(c2ccccc2)C(C)(C)C)[C@H](C)C[C@]12O[C@@H](C(C)(C)C)OC2=O. The fourth-order valence-electron chi connectivity index (χ4n) is 11.8. The molecular weight excluding hydrogens is 1050 g/mol. The summed E-state index contributed by atoms with van der Waals surface area (Å²) >= 11 is 0. The Morgan fingerprint density at radius 3 is 1.62 bits per heavy atom. The van der Waals surface area contributed by atoms with Crippen LogP contribution in [-0.4, -0.2) is 73.3 Å². The van der Waals surface area contributed by atoms with Gasteiger partial charge in [0, 0.05) is 17.9 Å². The van der Waals surface area contributed by atoms with Crippen molar-refractivity contribution < 1.29 is 32.7 Å². The number of hydrogen-bond acceptors (Lipinski definition) is 7. The topological polar surface area (TPSA) is 83.5 Å². The molecule has 1 heterocycles. The molecule has 1 fully saturated rings. The molecule has 0 radical (unpaired) electrons. The summed E-state index contributed by atoms with van der Waals surface area (Å²) in [5, 5.41) is 14.7. The molecule has 0 saturated carbocycles. The normalized spacial score (nSPS) is 21.8. The van der Waals surface area contributed by atoms with Crippen molar-refractivity contribution in [3.8, 4) is 0 Å². The summed E-state index contributed by atoms with van der Waals surface area (Å²) in [6.45, 7) is 43.1. The van der Waals surface area contributed by atoms with Crippen molar-refractivity contribution in [2.75, 3.05) is 13.2 Å². The van der Waals surface area contributed by atoms with Gasteiger partial charge in [0.05, 0.1) is 18.8 Å². The van der Waals surface area contributed by atoms with Crippen molar-refractivity contribution in [2.45, 2.75) is 189 Å². The molecule has 8 atom stereocenters. The maximum absolute atomic E-state index is 14.6. The van der Waals surface area contributed by atoms with Gasteiger partial charge in [0.1, 0.15) is 0 Å². The van der Waals surface area contributed by atoms with Crippen LogP contribution >= 0.6 is 0 Å². The molecule has 0 amide bonds. The smallest absolute Gasteiger partial charge is 0.341 e. The first-order valence-electron chi connectivity index (χ1n) is 29.9. The van der Waals surface area contributed by atoms with E-state index in [1.165, 1.54) is 20.7 Å². The summed E-state index contributed by atoms with van der Waals surface area (Å²) in [5.74, 6) is -0.485. The zero-order valence-corrected chi connectivity index (χ0v) is 56.1. The van der Waals surface area contributed by atoms with Gasteiger partial charge in [-0.25, -0.2) is 4.79 Å². The maximum atomic E-state index is 14.6. The number of benzene rings is 4. The Kier molecular flexibility index (Phi) is 21.6. The quantitative estimate of drug-likeness (QED) is 0.0363. The number of hydrogen-bond donors (Lipinski definition) is 1. The number of carbonyl (C=O) groups excluding carboxylic acids is 1. The number of aliphatic hydroxyl groups excluding tert-OH is 1. The summed E-state index contributed by atoms with van der Waals surface area (Å²) in [5.41, 5.74) is 1.69. The third kappa shape index (κ3) is 15.1. The van der Waals surface area contributed by atoms with Crippen LogP contribution in [0.4, 0.5) is 0 Å². The van der Waals surface area contributed by atoms with E-state index in [1.807, 2.05) is 0 Å². The predicted octanol–water partition coefficient (Wildman–Crippen LogP) is 15.2. The predicted molar refractivity (Wildman–Crippen MR) is 347 cm³/mol. The number of esters is 1. The summed E-state index contributed by atoms with van der Waals surface area (Å²) in [6, 6.07) is 43.2. The van der Waals surface area contributed by atoms with Crippen molar-refractivity contribution in [2.24, 2.45) is 29.1 Å². The van der Waals surface area contributed by atoms with Crippen molar-refractivity contribution in [3.63, 3.8) is 0 Å². The van der Waals surface area contributed by atoms with Crippen LogP contribution in [0.15, 0.2) is 181 Å². The minimum Gasteiger partial charge on any atom is -0.433 e. The fraction of sp³-hybridized carbons (Fsp3) is 0.507. The zero-order chi connectivity index (χ0) is 59.8.